The summed E-state index contributed by atoms with van der Waals surface area (Å²) >= 11 is 1.31. The largest absolute Gasteiger partial charge is 0.497 e. The molecule has 1 aromatic heterocycles. The van der Waals surface area contributed by atoms with Crippen molar-refractivity contribution in [1.29, 1.82) is 5.26 Å². The van der Waals surface area contributed by atoms with Crippen LogP contribution in [-0.2, 0) is 6.54 Å². The second-order valence-electron chi connectivity index (χ2n) is 7.56. The zero-order valence-corrected chi connectivity index (χ0v) is 19.4. The zero-order valence-electron chi connectivity index (χ0n) is 18.5. The molecule has 4 aromatic rings. The molecule has 4 rings (SSSR count). The zero-order chi connectivity index (χ0) is 23.9. The van der Waals surface area contributed by atoms with Gasteiger partial charge in [0.25, 0.3) is 5.56 Å². The first-order valence-corrected chi connectivity index (χ1v) is 11.6. The van der Waals surface area contributed by atoms with E-state index in [9.17, 15) is 9.90 Å². The average molecular weight is 474 g/mol. The van der Waals surface area contributed by atoms with Crippen molar-refractivity contribution in [3.63, 3.8) is 0 Å². The summed E-state index contributed by atoms with van der Waals surface area (Å²) in [5, 5.41) is 20.4. The predicted molar refractivity (Wildman–Crippen MR) is 131 cm³/mol. The Kier molecular flexibility index (Phi) is 7.48. The molecule has 0 fully saturated rings. The molecule has 1 atom stereocenters. The van der Waals surface area contributed by atoms with E-state index in [2.05, 4.69) is 6.07 Å². The standard InChI is InChI=1S/C26H23N3O4S/c1-32-21-10-8-19(9-11-21)15-29-25(31)23-4-2-3-5-24(23)28-26(29)34-17-20(30)16-33-22-12-6-18(14-27)7-13-22/h2-13,20,30H,15-17H2,1H3. The summed E-state index contributed by atoms with van der Waals surface area (Å²) in [6.45, 7) is 0.427. The maximum absolute atomic E-state index is 13.3. The van der Waals surface area contributed by atoms with Crippen molar-refractivity contribution in [2.75, 3.05) is 19.5 Å². The van der Waals surface area contributed by atoms with Crippen LogP contribution in [0.3, 0.4) is 0 Å². The number of hydrogen-bond donors (Lipinski definition) is 1. The number of ether oxygens (including phenoxy) is 2. The number of benzene rings is 3. The number of aromatic nitrogens is 2. The highest BCUT2D eigenvalue weighted by molar-refractivity contribution is 7.99. The molecule has 1 unspecified atom stereocenters. The molecule has 1 N–H and O–H groups in total. The summed E-state index contributed by atoms with van der Waals surface area (Å²) in [7, 11) is 1.61. The van der Waals surface area contributed by atoms with Gasteiger partial charge in [0.15, 0.2) is 5.16 Å². The van der Waals surface area contributed by atoms with Gasteiger partial charge < -0.3 is 14.6 Å². The number of rotatable bonds is 9. The normalized spacial score (nSPS) is 11.7. The Morgan fingerprint density at radius 2 is 1.76 bits per heavy atom. The number of hydrogen-bond acceptors (Lipinski definition) is 7. The molecule has 0 radical (unpaired) electrons. The van der Waals surface area contributed by atoms with Crippen LogP contribution in [0.1, 0.15) is 11.1 Å². The molecule has 3 aromatic carbocycles. The van der Waals surface area contributed by atoms with E-state index < -0.39 is 6.10 Å². The Morgan fingerprint density at radius 3 is 2.47 bits per heavy atom. The Bertz CT molecular complexity index is 1360. The van der Waals surface area contributed by atoms with E-state index in [1.807, 2.05) is 42.5 Å². The van der Waals surface area contributed by atoms with Crippen molar-refractivity contribution >= 4 is 22.7 Å². The van der Waals surface area contributed by atoms with Gasteiger partial charge in [-0.05, 0) is 54.1 Å². The van der Waals surface area contributed by atoms with Crippen LogP contribution in [0.4, 0.5) is 0 Å². The number of para-hydroxylation sites is 1. The molecule has 0 spiro atoms. The van der Waals surface area contributed by atoms with Crippen LogP contribution in [0.15, 0.2) is 82.7 Å². The van der Waals surface area contributed by atoms with Gasteiger partial charge in [0.05, 0.1) is 42.3 Å². The maximum atomic E-state index is 13.3. The van der Waals surface area contributed by atoms with Gasteiger partial charge >= 0.3 is 0 Å². The summed E-state index contributed by atoms with van der Waals surface area (Å²) in [6.07, 6.45) is -0.779. The van der Waals surface area contributed by atoms with E-state index in [0.717, 1.165) is 11.3 Å². The second-order valence-corrected chi connectivity index (χ2v) is 8.55. The van der Waals surface area contributed by atoms with Crippen LogP contribution in [0.2, 0.25) is 0 Å². The quantitative estimate of drug-likeness (QED) is 0.291. The number of thioether (sulfide) groups is 1. The van der Waals surface area contributed by atoms with Gasteiger partial charge in [-0.25, -0.2) is 4.98 Å². The summed E-state index contributed by atoms with van der Waals surface area (Å²) in [6, 6.07) is 23.5. The SMILES string of the molecule is COc1ccc(Cn2c(SCC(O)COc3ccc(C#N)cc3)nc3ccccc3c2=O)cc1. The smallest absolute Gasteiger partial charge is 0.262 e. The van der Waals surface area contributed by atoms with E-state index >= 15 is 0 Å². The molecule has 0 saturated heterocycles. The lowest BCUT2D eigenvalue weighted by Crippen LogP contribution is -2.25. The van der Waals surface area contributed by atoms with Gasteiger partial charge in [-0.2, -0.15) is 5.26 Å². The molecule has 7 nitrogen and oxygen atoms in total. The van der Waals surface area contributed by atoms with Crippen molar-refractivity contribution in [1.82, 2.24) is 9.55 Å². The molecule has 0 amide bonds. The molecule has 8 heteroatoms. The minimum atomic E-state index is -0.779. The van der Waals surface area contributed by atoms with E-state index in [4.69, 9.17) is 19.7 Å². The van der Waals surface area contributed by atoms with Crippen LogP contribution in [0.5, 0.6) is 11.5 Å². The van der Waals surface area contributed by atoms with E-state index in [1.165, 1.54) is 11.8 Å². The van der Waals surface area contributed by atoms with E-state index in [-0.39, 0.29) is 12.2 Å². The topological polar surface area (TPSA) is 97.4 Å². The van der Waals surface area contributed by atoms with Crippen molar-refractivity contribution in [2.45, 2.75) is 17.8 Å². The van der Waals surface area contributed by atoms with Crippen LogP contribution in [0, 0.1) is 11.3 Å². The number of nitrogens with zero attached hydrogens (tertiary/aromatic N) is 3. The Hall–Kier alpha value is -3.80. The summed E-state index contributed by atoms with van der Waals surface area (Å²) in [5.41, 5.74) is 1.96. The van der Waals surface area contributed by atoms with Gasteiger partial charge in [-0.3, -0.25) is 9.36 Å². The third kappa shape index (κ3) is 5.57. The molecule has 0 aliphatic carbocycles. The van der Waals surface area contributed by atoms with E-state index in [1.54, 1.807) is 42.0 Å². The monoisotopic (exact) mass is 473 g/mol. The molecule has 1 heterocycles. The molecule has 0 saturated carbocycles. The van der Waals surface area contributed by atoms with Crippen LogP contribution < -0.4 is 15.0 Å². The number of fused-ring (bicyclic) bond motifs is 1. The maximum Gasteiger partial charge on any atom is 0.262 e. The minimum absolute atomic E-state index is 0.0786. The number of methoxy groups -OCH3 is 1. The first kappa shape index (κ1) is 23.4. The summed E-state index contributed by atoms with van der Waals surface area (Å²) < 4.78 is 12.5. The summed E-state index contributed by atoms with van der Waals surface area (Å²) in [4.78, 5) is 18.0. The van der Waals surface area contributed by atoms with Gasteiger partial charge in [-0.1, -0.05) is 36.0 Å². The Balaban J connectivity index is 1.51. The Labute approximate surface area is 201 Å². The van der Waals surface area contributed by atoms with Gasteiger partial charge in [0.2, 0.25) is 0 Å². The highest BCUT2D eigenvalue weighted by Crippen LogP contribution is 2.21. The van der Waals surface area contributed by atoms with Crippen LogP contribution >= 0.6 is 11.8 Å². The first-order chi connectivity index (χ1) is 16.6. The molecule has 0 aliphatic rings. The molecule has 34 heavy (non-hydrogen) atoms. The third-order valence-electron chi connectivity index (χ3n) is 5.16. The van der Waals surface area contributed by atoms with Crippen molar-refractivity contribution < 1.29 is 14.6 Å². The van der Waals surface area contributed by atoms with Crippen molar-refractivity contribution in [3.05, 3.63) is 94.3 Å². The second kappa shape index (κ2) is 10.9. The lowest BCUT2D eigenvalue weighted by molar-refractivity contribution is 0.126. The molecule has 172 valence electrons. The number of aliphatic hydroxyl groups excluding tert-OH is 1. The van der Waals surface area contributed by atoms with Crippen LogP contribution in [0.25, 0.3) is 10.9 Å². The fraction of sp³-hybridized carbons (Fsp3) is 0.192. The number of nitriles is 1. The van der Waals surface area contributed by atoms with E-state index in [0.29, 0.717) is 39.7 Å². The predicted octanol–water partition coefficient (Wildman–Crippen LogP) is 3.86. The van der Waals surface area contributed by atoms with Gasteiger partial charge in [0, 0.05) is 5.75 Å². The lowest BCUT2D eigenvalue weighted by atomic mass is 10.2. The molecule has 0 bridgehead atoms. The fourth-order valence-corrected chi connectivity index (χ4v) is 4.25. The number of aliphatic hydroxyl groups is 1. The first-order valence-electron chi connectivity index (χ1n) is 10.6. The van der Waals surface area contributed by atoms with Crippen LogP contribution in [-0.4, -0.2) is 40.2 Å². The van der Waals surface area contributed by atoms with Gasteiger partial charge in [0.1, 0.15) is 18.1 Å². The van der Waals surface area contributed by atoms with Gasteiger partial charge in [-0.15, -0.1) is 0 Å². The minimum Gasteiger partial charge on any atom is -0.497 e. The molecular weight excluding hydrogens is 450 g/mol. The highest BCUT2D eigenvalue weighted by atomic mass is 32.2. The third-order valence-corrected chi connectivity index (χ3v) is 6.28. The lowest BCUT2D eigenvalue weighted by Gasteiger charge is -2.16. The highest BCUT2D eigenvalue weighted by Gasteiger charge is 2.15. The molecular formula is C26H23N3O4S. The Morgan fingerprint density at radius 1 is 1.06 bits per heavy atom. The average Bonchev–Trinajstić information content (AvgIpc) is 2.88. The fourth-order valence-electron chi connectivity index (χ4n) is 3.35. The van der Waals surface area contributed by atoms with Crippen molar-refractivity contribution in [2.24, 2.45) is 0 Å². The summed E-state index contributed by atoms with van der Waals surface area (Å²) in [5.74, 6) is 1.61. The van der Waals surface area contributed by atoms with Crippen molar-refractivity contribution in [3.8, 4) is 17.6 Å². The molecule has 0 aliphatic heterocycles.